The Labute approximate surface area is 111 Å². The van der Waals surface area contributed by atoms with Crippen molar-refractivity contribution in [2.75, 3.05) is 5.43 Å². The summed E-state index contributed by atoms with van der Waals surface area (Å²) in [6.45, 7) is 4.05. The number of hydrazone groups is 1. The highest BCUT2D eigenvalue weighted by atomic mass is 15.4. The largest absolute Gasteiger partial charge is 0.295 e. The lowest BCUT2D eigenvalue weighted by Crippen LogP contribution is -2.01. The predicted octanol–water partition coefficient (Wildman–Crippen LogP) is 3.08. The Balaban J connectivity index is 2.15. The third kappa shape index (κ3) is 2.03. The number of hydrogen-bond acceptors (Lipinski definition) is 4. The second-order valence-electron chi connectivity index (χ2n) is 4.45. The molecular weight excluding hydrogens is 238 g/mol. The average Bonchev–Trinajstić information content (AvgIpc) is 2.84. The van der Waals surface area contributed by atoms with Crippen LogP contribution in [0.4, 0.5) is 5.82 Å². The van der Waals surface area contributed by atoms with E-state index < -0.39 is 0 Å². The number of hydrogen-bond donors (Lipinski definition) is 1. The van der Waals surface area contributed by atoms with Gasteiger partial charge in [0.1, 0.15) is 6.33 Å². The van der Waals surface area contributed by atoms with E-state index in [1.165, 1.54) is 0 Å². The highest BCUT2D eigenvalue weighted by molar-refractivity contribution is 5.91. The Kier molecular flexibility index (Phi) is 2.87. The van der Waals surface area contributed by atoms with E-state index in [1.807, 2.05) is 23.5 Å². The molecule has 1 aromatic carbocycles. The van der Waals surface area contributed by atoms with Gasteiger partial charge in [0.2, 0.25) is 0 Å². The molecule has 96 valence electrons. The topological polar surface area (TPSA) is 54.6 Å². The van der Waals surface area contributed by atoms with E-state index in [0.29, 0.717) is 5.82 Å². The molecule has 0 saturated carbocycles. The van der Waals surface area contributed by atoms with Crippen molar-refractivity contribution in [1.29, 1.82) is 0 Å². The number of rotatable bonds is 3. The van der Waals surface area contributed by atoms with E-state index in [-0.39, 0.29) is 0 Å². The van der Waals surface area contributed by atoms with E-state index in [0.717, 1.165) is 28.6 Å². The van der Waals surface area contributed by atoms with Crippen LogP contribution >= 0.6 is 0 Å². The molecule has 0 aliphatic heterocycles. The van der Waals surface area contributed by atoms with Crippen LogP contribution in [0.1, 0.15) is 20.3 Å². The van der Waals surface area contributed by atoms with Crippen LogP contribution in [-0.4, -0.2) is 20.3 Å². The molecular formula is C14H15N5. The first kappa shape index (κ1) is 11.6. The molecule has 1 N–H and O–H groups in total. The maximum atomic E-state index is 4.28. The summed E-state index contributed by atoms with van der Waals surface area (Å²) in [5.41, 5.74) is 6.11. The van der Waals surface area contributed by atoms with Crippen molar-refractivity contribution in [3.8, 4) is 0 Å². The molecule has 19 heavy (non-hydrogen) atoms. The molecule has 0 unspecified atom stereocenters. The van der Waals surface area contributed by atoms with Crippen LogP contribution in [0, 0.1) is 0 Å². The molecule has 5 nitrogen and oxygen atoms in total. The average molecular weight is 253 g/mol. The molecule has 5 heteroatoms. The molecule has 0 aliphatic carbocycles. The predicted molar refractivity (Wildman–Crippen MR) is 77.5 cm³/mol. The van der Waals surface area contributed by atoms with Gasteiger partial charge >= 0.3 is 0 Å². The maximum absolute atomic E-state index is 4.28. The minimum atomic E-state index is 0.673. The Morgan fingerprint density at radius 1 is 1.32 bits per heavy atom. The molecule has 0 bridgehead atoms. The first-order valence-electron chi connectivity index (χ1n) is 6.30. The van der Waals surface area contributed by atoms with Gasteiger partial charge in [0, 0.05) is 11.1 Å². The minimum absolute atomic E-state index is 0.673. The molecule has 0 saturated heterocycles. The van der Waals surface area contributed by atoms with Crippen molar-refractivity contribution in [3.63, 3.8) is 0 Å². The summed E-state index contributed by atoms with van der Waals surface area (Å²) in [5.74, 6) is 0.673. The summed E-state index contributed by atoms with van der Waals surface area (Å²) in [6.07, 6.45) is 2.63. The first-order valence-corrected chi connectivity index (χ1v) is 6.30. The second-order valence-corrected chi connectivity index (χ2v) is 4.45. The van der Waals surface area contributed by atoms with E-state index >= 15 is 0 Å². The molecule has 0 spiro atoms. The van der Waals surface area contributed by atoms with Crippen LogP contribution in [0.25, 0.3) is 16.4 Å². The van der Waals surface area contributed by atoms with Crippen LogP contribution in [-0.2, 0) is 0 Å². The fourth-order valence-electron chi connectivity index (χ4n) is 1.98. The maximum Gasteiger partial charge on any atom is 0.193 e. The van der Waals surface area contributed by atoms with E-state index in [2.05, 4.69) is 45.8 Å². The summed E-state index contributed by atoms with van der Waals surface area (Å²) in [4.78, 5) is 0. The Bertz CT molecular complexity index is 757. The molecule has 0 atom stereocenters. The molecule has 3 aromatic rings. The van der Waals surface area contributed by atoms with E-state index in [1.54, 1.807) is 6.33 Å². The number of fused-ring (bicyclic) bond motifs is 3. The number of aromatic nitrogens is 3. The van der Waals surface area contributed by atoms with Gasteiger partial charge in [0.25, 0.3) is 0 Å². The standard InChI is InChI=1S/C14H15N5/c1-3-10(2)16-18-14-13-8-11-6-4-5-7-12(11)19(13)9-15-17-14/h4-9H,3H2,1-2H3,(H,17,18)/b16-10+. The summed E-state index contributed by atoms with van der Waals surface area (Å²) >= 11 is 0. The summed E-state index contributed by atoms with van der Waals surface area (Å²) in [5, 5.41) is 13.6. The van der Waals surface area contributed by atoms with Crippen LogP contribution < -0.4 is 5.43 Å². The number of benzene rings is 1. The molecule has 2 aromatic heterocycles. The normalized spacial score (nSPS) is 12.2. The third-order valence-corrected chi connectivity index (χ3v) is 3.18. The number of para-hydroxylation sites is 1. The smallest absolute Gasteiger partial charge is 0.193 e. The zero-order chi connectivity index (χ0) is 13.2. The van der Waals surface area contributed by atoms with Crippen molar-refractivity contribution in [2.45, 2.75) is 20.3 Å². The van der Waals surface area contributed by atoms with Crippen LogP contribution in [0.15, 0.2) is 41.8 Å². The second kappa shape index (κ2) is 4.68. The van der Waals surface area contributed by atoms with E-state index in [4.69, 9.17) is 0 Å². The van der Waals surface area contributed by atoms with Gasteiger partial charge in [-0.25, -0.2) is 0 Å². The molecule has 2 heterocycles. The van der Waals surface area contributed by atoms with Crippen molar-refractivity contribution >= 4 is 27.9 Å². The van der Waals surface area contributed by atoms with Crippen LogP contribution in [0.2, 0.25) is 0 Å². The van der Waals surface area contributed by atoms with Crippen molar-refractivity contribution in [3.05, 3.63) is 36.7 Å². The van der Waals surface area contributed by atoms with Gasteiger partial charge in [-0.05, 0) is 25.5 Å². The molecule has 3 rings (SSSR count). The molecule has 0 aliphatic rings. The lowest BCUT2D eigenvalue weighted by Gasteiger charge is -2.03. The zero-order valence-electron chi connectivity index (χ0n) is 11.0. The summed E-state index contributed by atoms with van der Waals surface area (Å²) in [6, 6.07) is 10.3. The fraction of sp³-hybridized carbons (Fsp3) is 0.214. The Morgan fingerprint density at radius 2 is 2.16 bits per heavy atom. The lowest BCUT2D eigenvalue weighted by molar-refractivity contribution is 0.958. The van der Waals surface area contributed by atoms with Gasteiger partial charge in [-0.15, -0.1) is 10.2 Å². The summed E-state index contributed by atoms with van der Waals surface area (Å²) < 4.78 is 2.02. The molecule has 0 fully saturated rings. The number of nitrogens with zero attached hydrogens (tertiary/aromatic N) is 4. The van der Waals surface area contributed by atoms with Crippen LogP contribution in [0.5, 0.6) is 0 Å². The van der Waals surface area contributed by atoms with Gasteiger partial charge in [0.15, 0.2) is 5.82 Å². The molecule has 0 radical (unpaired) electrons. The number of nitrogens with one attached hydrogen (secondary N) is 1. The lowest BCUT2D eigenvalue weighted by atomic mass is 10.2. The molecule has 0 amide bonds. The summed E-state index contributed by atoms with van der Waals surface area (Å²) in [7, 11) is 0. The zero-order valence-corrected chi connectivity index (χ0v) is 11.0. The Morgan fingerprint density at radius 3 is 3.00 bits per heavy atom. The SMILES string of the molecule is CC/C(C)=N/Nc1nncn2c1cc1ccccc12. The van der Waals surface area contributed by atoms with Gasteiger partial charge < -0.3 is 0 Å². The van der Waals surface area contributed by atoms with Crippen LogP contribution in [0.3, 0.4) is 0 Å². The highest BCUT2D eigenvalue weighted by Gasteiger charge is 2.07. The van der Waals surface area contributed by atoms with Gasteiger partial charge in [0.05, 0.1) is 11.0 Å². The van der Waals surface area contributed by atoms with Crippen molar-refractivity contribution in [1.82, 2.24) is 14.6 Å². The van der Waals surface area contributed by atoms with Crippen molar-refractivity contribution in [2.24, 2.45) is 5.10 Å². The van der Waals surface area contributed by atoms with Gasteiger partial charge in [-0.1, -0.05) is 25.1 Å². The monoisotopic (exact) mass is 253 g/mol. The fourth-order valence-corrected chi connectivity index (χ4v) is 1.98. The first-order chi connectivity index (χ1) is 9.29. The highest BCUT2D eigenvalue weighted by Crippen LogP contribution is 2.23. The van der Waals surface area contributed by atoms with Gasteiger partial charge in [-0.3, -0.25) is 9.83 Å². The quantitative estimate of drug-likeness (QED) is 0.576. The Hall–Kier alpha value is -2.43. The number of anilines is 1. The van der Waals surface area contributed by atoms with E-state index in [9.17, 15) is 0 Å². The minimum Gasteiger partial charge on any atom is -0.295 e. The third-order valence-electron chi connectivity index (χ3n) is 3.18. The van der Waals surface area contributed by atoms with Crippen molar-refractivity contribution < 1.29 is 0 Å². The van der Waals surface area contributed by atoms with Gasteiger partial charge in [-0.2, -0.15) is 5.10 Å².